The molecule has 0 spiro atoms. The molecule has 0 atom stereocenters. The van der Waals surface area contributed by atoms with Crippen LogP contribution < -0.4 is 5.73 Å². The van der Waals surface area contributed by atoms with E-state index in [4.69, 9.17) is 5.73 Å². The van der Waals surface area contributed by atoms with Gasteiger partial charge >= 0.3 is 0 Å². The van der Waals surface area contributed by atoms with Gasteiger partial charge in [-0.1, -0.05) is 66.7 Å². The van der Waals surface area contributed by atoms with Crippen LogP contribution in [0.15, 0.2) is 72.8 Å². The van der Waals surface area contributed by atoms with Crippen LogP contribution in [0, 0.1) is 6.92 Å². The maximum atomic E-state index is 11.9. The molecule has 2 N–H and O–H groups in total. The predicted molar refractivity (Wildman–Crippen MR) is 94.4 cm³/mol. The third-order valence-corrected chi connectivity index (χ3v) is 4.07. The van der Waals surface area contributed by atoms with Crippen LogP contribution in [0.4, 0.5) is 0 Å². The van der Waals surface area contributed by atoms with Gasteiger partial charge in [0, 0.05) is 5.56 Å². The Bertz CT molecular complexity index is 823. The minimum Gasteiger partial charge on any atom is -0.366 e. The Morgan fingerprint density at radius 2 is 1.48 bits per heavy atom. The van der Waals surface area contributed by atoms with Crippen LogP contribution in [0.25, 0.3) is 11.1 Å². The van der Waals surface area contributed by atoms with Gasteiger partial charge in [0.25, 0.3) is 0 Å². The van der Waals surface area contributed by atoms with Crippen LogP contribution in [-0.4, -0.2) is 5.91 Å². The Kier molecular flexibility index (Phi) is 4.24. The van der Waals surface area contributed by atoms with Crippen LogP contribution in [0.1, 0.15) is 27.0 Å². The molecule has 114 valence electrons. The molecule has 0 unspecified atom stereocenters. The van der Waals surface area contributed by atoms with E-state index in [9.17, 15) is 4.79 Å². The van der Waals surface area contributed by atoms with Gasteiger partial charge in [0.15, 0.2) is 0 Å². The maximum Gasteiger partial charge on any atom is 0.249 e. The number of carbonyl (C=O) groups is 1. The number of nitrogens with two attached hydrogens (primary N) is 1. The number of benzene rings is 3. The van der Waals surface area contributed by atoms with Gasteiger partial charge in [-0.2, -0.15) is 0 Å². The maximum absolute atomic E-state index is 11.9. The molecule has 0 fully saturated rings. The summed E-state index contributed by atoms with van der Waals surface area (Å²) in [5.41, 5.74) is 11.7. The molecule has 2 heteroatoms. The molecule has 1 amide bonds. The van der Waals surface area contributed by atoms with E-state index >= 15 is 0 Å². The van der Waals surface area contributed by atoms with Crippen molar-refractivity contribution in [3.63, 3.8) is 0 Å². The van der Waals surface area contributed by atoms with Crippen molar-refractivity contribution in [1.82, 2.24) is 0 Å². The molecule has 0 aliphatic rings. The lowest BCUT2D eigenvalue weighted by atomic mass is 9.87. The zero-order valence-corrected chi connectivity index (χ0v) is 13.1. The van der Waals surface area contributed by atoms with Crippen molar-refractivity contribution in [2.45, 2.75) is 13.3 Å². The minimum atomic E-state index is -0.381. The van der Waals surface area contributed by atoms with Crippen molar-refractivity contribution < 1.29 is 4.79 Å². The molecular formula is C21H19NO. The quantitative estimate of drug-likeness (QED) is 0.765. The van der Waals surface area contributed by atoms with Gasteiger partial charge in [-0.3, -0.25) is 4.79 Å². The first-order valence-corrected chi connectivity index (χ1v) is 7.68. The second-order valence-corrected chi connectivity index (χ2v) is 5.68. The standard InChI is InChI=1S/C21H19NO/c1-15-12-13-18(21(22)23)19(14-16-8-4-2-5-9-16)20(15)17-10-6-3-7-11-17/h2-13H,14H2,1H3,(H2,22,23). The van der Waals surface area contributed by atoms with Crippen molar-refractivity contribution in [1.29, 1.82) is 0 Å². The SMILES string of the molecule is Cc1ccc(C(N)=O)c(Cc2ccccc2)c1-c1ccccc1. The topological polar surface area (TPSA) is 43.1 Å². The van der Waals surface area contributed by atoms with Gasteiger partial charge in [-0.05, 0) is 47.2 Å². The highest BCUT2D eigenvalue weighted by atomic mass is 16.1. The highest BCUT2D eigenvalue weighted by Crippen LogP contribution is 2.31. The van der Waals surface area contributed by atoms with Crippen molar-refractivity contribution in [2.24, 2.45) is 5.73 Å². The number of carbonyl (C=O) groups excluding carboxylic acids is 1. The Morgan fingerprint density at radius 1 is 0.870 bits per heavy atom. The molecule has 0 heterocycles. The van der Waals surface area contributed by atoms with Gasteiger partial charge in [0.05, 0.1) is 0 Å². The van der Waals surface area contributed by atoms with E-state index in [0.717, 1.165) is 27.8 Å². The summed E-state index contributed by atoms with van der Waals surface area (Å²) in [5.74, 6) is -0.381. The Morgan fingerprint density at radius 3 is 2.09 bits per heavy atom. The first-order chi connectivity index (χ1) is 11.2. The van der Waals surface area contributed by atoms with Crippen LogP contribution >= 0.6 is 0 Å². The van der Waals surface area contributed by atoms with Gasteiger partial charge in [0.1, 0.15) is 0 Å². The molecule has 0 saturated heterocycles. The summed E-state index contributed by atoms with van der Waals surface area (Å²) >= 11 is 0. The lowest BCUT2D eigenvalue weighted by Gasteiger charge is -2.16. The second kappa shape index (κ2) is 6.49. The van der Waals surface area contributed by atoms with Crippen molar-refractivity contribution in [2.75, 3.05) is 0 Å². The van der Waals surface area contributed by atoms with E-state index in [-0.39, 0.29) is 5.91 Å². The molecular weight excluding hydrogens is 282 g/mol. The summed E-state index contributed by atoms with van der Waals surface area (Å²) in [6, 6.07) is 24.1. The fourth-order valence-electron chi connectivity index (χ4n) is 2.99. The zero-order chi connectivity index (χ0) is 16.2. The van der Waals surface area contributed by atoms with Crippen molar-refractivity contribution in [3.05, 3.63) is 95.1 Å². The van der Waals surface area contributed by atoms with E-state index in [1.165, 1.54) is 0 Å². The van der Waals surface area contributed by atoms with Gasteiger partial charge in [-0.15, -0.1) is 0 Å². The number of hydrogen-bond acceptors (Lipinski definition) is 1. The van der Waals surface area contributed by atoms with Gasteiger partial charge in [-0.25, -0.2) is 0 Å². The number of hydrogen-bond donors (Lipinski definition) is 1. The lowest BCUT2D eigenvalue weighted by molar-refractivity contribution is 0.0999. The average Bonchev–Trinajstić information content (AvgIpc) is 2.56. The summed E-state index contributed by atoms with van der Waals surface area (Å²) in [7, 11) is 0. The van der Waals surface area contributed by atoms with Crippen molar-refractivity contribution >= 4 is 5.91 Å². The van der Waals surface area contributed by atoms with Gasteiger partial charge < -0.3 is 5.73 Å². The third kappa shape index (κ3) is 3.16. The average molecular weight is 301 g/mol. The second-order valence-electron chi connectivity index (χ2n) is 5.68. The van der Waals surface area contributed by atoms with E-state index in [1.807, 2.05) is 48.5 Å². The summed E-state index contributed by atoms with van der Waals surface area (Å²) in [6.45, 7) is 2.07. The first-order valence-electron chi connectivity index (χ1n) is 7.68. The summed E-state index contributed by atoms with van der Waals surface area (Å²) in [6.07, 6.45) is 0.686. The largest absolute Gasteiger partial charge is 0.366 e. The highest BCUT2D eigenvalue weighted by molar-refractivity contribution is 5.97. The minimum absolute atomic E-state index is 0.381. The van der Waals surface area contributed by atoms with E-state index < -0.39 is 0 Å². The molecule has 0 aliphatic heterocycles. The first kappa shape index (κ1) is 15.0. The Hall–Kier alpha value is -2.87. The zero-order valence-electron chi connectivity index (χ0n) is 13.1. The smallest absolute Gasteiger partial charge is 0.249 e. The number of aryl methyl sites for hydroxylation is 1. The highest BCUT2D eigenvalue weighted by Gasteiger charge is 2.16. The summed E-state index contributed by atoms with van der Waals surface area (Å²) in [5, 5.41) is 0. The molecule has 0 radical (unpaired) electrons. The summed E-state index contributed by atoms with van der Waals surface area (Å²) in [4.78, 5) is 11.9. The molecule has 0 aliphatic carbocycles. The number of amides is 1. The monoisotopic (exact) mass is 301 g/mol. The Labute approximate surface area is 136 Å². The molecule has 3 rings (SSSR count). The van der Waals surface area contributed by atoms with Crippen molar-refractivity contribution in [3.8, 4) is 11.1 Å². The fraction of sp³-hybridized carbons (Fsp3) is 0.0952. The lowest BCUT2D eigenvalue weighted by Crippen LogP contribution is -2.15. The third-order valence-electron chi connectivity index (χ3n) is 4.07. The number of primary amides is 1. The molecule has 23 heavy (non-hydrogen) atoms. The van der Waals surface area contributed by atoms with E-state index in [1.54, 1.807) is 0 Å². The van der Waals surface area contributed by atoms with Crippen LogP contribution in [0.2, 0.25) is 0 Å². The van der Waals surface area contributed by atoms with Crippen LogP contribution in [0.5, 0.6) is 0 Å². The molecule has 2 nitrogen and oxygen atoms in total. The Balaban J connectivity index is 2.21. The number of rotatable bonds is 4. The van der Waals surface area contributed by atoms with Crippen LogP contribution in [0.3, 0.4) is 0 Å². The predicted octanol–water partition coefficient (Wildman–Crippen LogP) is 4.35. The normalized spacial score (nSPS) is 10.5. The fourth-order valence-corrected chi connectivity index (χ4v) is 2.99. The molecule has 3 aromatic carbocycles. The summed E-state index contributed by atoms with van der Waals surface area (Å²) < 4.78 is 0. The molecule has 3 aromatic rings. The van der Waals surface area contributed by atoms with E-state index in [2.05, 4.69) is 31.2 Å². The van der Waals surface area contributed by atoms with Gasteiger partial charge in [0.2, 0.25) is 5.91 Å². The van der Waals surface area contributed by atoms with E-state index in [0.29, 0.717) is 12.0 Å². The molecule has 0 saturated carbocycles. The van der Waals surface area contributed by atoms with Crippen LogP contribution in [-0.2, 0) is 6.42 Å². The molecule has 0 aromatic heterocycles. The molecule has 0 bridgehead atoms.